The van der Waals surface area contributed by atoms with Gasteiger partial charge in [0.1, 0.15) is 40.7 Å². The molecule has 3 aliphatic rings. The predicted molar refractivity (Wildman–Crippen MR) is 215 cm³/mol. The lowest BCUT2D eigenvalue weighted by atomic mass is 9.83. The molecule has 3 aliphatic heterocycles. The molecule has 8 atom stereocenters. The van der Waals surface area contributed by atoms with Crippen LogP contribution < -0.4 is 15.0 Å². The number of rotatable bonds is 10. The summed E-state index contributed by atoms with van der Waals surface area (Å²) in [6.45, 7) is 11.2. The lowest BCUT2D eigenvalue weighted by Gasteiger charge is -2.42. The first-order valence-corrected chi connectivity index (χ1v) is 21.2. The summed E-state index contributed by atoms with van der Waals surface area (Å²) in [7, 11) is 9.39. The summed E-state index contributed by atoms with van der Waals surface area (Å²) < 4.78 is 29.2. The first-order chi connectivity index (χ1) is 25.7. The minimum Gasteiger partial charge on any atom is -0.495 e. The second kappa shape index (κ2) is 18.1. The minimum absolute atomic E-state index is 0.0478. The number of hydrogen-bond donors (Lipinski definition) is 2. The smallest absolute Gasteiger partial charge is 0.409 e. The SMILES string of the molecule is COc1cc2cc(c1Cl)N(C)C(=O)C[C@H](OC(=O)[C@H](C)N(C)C(=O)CCC(C)(C)SSC)[C@]1(C)O[C@H]1[C@H](C)[C@@H]1C[C@@](O)(NC(=O)O1)[C@H](OC)C=CC=C(C)C2. The predicted octanol–water partition coefficient (Wildman–Crippen LogP) is 6.08. The summed E-state index contributed by atoms with van der Waals surface area (Å²) in [5, 5.41) is 14.5. The highest BCUT2D eigenvalue weighted by Gasteiger charge is 2.64. The topological polar surface area (TPSA) is 156 Å². The Bertz CT molecular complexity index is 1680. The number of fused-ring (bicyclic) bond motifs is 5. The van der Waals surface area contributed by atoms with Gasteiger partial charge in [-0.05, 0) is 71.4 Å². The molecule has 3 amide bonds. The van der Waals surface area contributed by atoms with Gasteiger partial charge in [0.05, 0.1) is 25.3 Å². The van der Waals surface area contributed by atoms with Crippen molar-refractivity contribution in [1.29, 1.82) is 0 Å². The van der Waals surface area contributed by atoms with E-state index in [1.165, 1.54) is 24.0 Å². The van der Waals surface area contributed by atoms with E-state index in [1.807, 2.05) is 26.2 Å². The number of anilines is 1. The van der Waals surface area contributed by atoms with E-state index in [-0.39, 0.29) is 34.9 Å². The van der Waals surface area contributed by atoms with Crippen molar-refractivity contribution in [2.45, 2.75) is 120 Å². The van der Waals surface area contributed by atoms with Gasteiger partial charge in [-0.3, -0.25) is 14.9 Å². The number of carbonyl (C=O) groups excluding carboxylic acids is 4. The molecule has 2 saturated heterocycles. The lowest BCUT2D eigenvalue weighted by molar-refractivity contribution is -0.162. The Labute approximate surface area is 337 Å². The fraction of sp³-hybridized carbons (Fsp3) is 0.641. The molecule has 2 fully saturated rings. The second-order valence-corrected chi connectivity index (χ2v) is 18.9. The van der Waals surface area contributed by atoms with Crippen LogP contribution in [0.4, 0.5) is 10.5 Å². The van der Waals surface area contributed by atoms with Crippen molar-refractivity contribution >= 4 is 62.8 Å². The number of likely N-dealkylation sites (N-methyl/N-ethyl adjacent to an activating group) is 1. The number of aliphatic hydroxyl groups is 1. The number of methoxy groups -OCH3 is 2. The molecule has 0 aromatic heterocycles. The molecule has 1 aromatic rings. The van der Waals surface area contributed by atoms with Crippen LogP contribution >= 0.6 is 33.2 Å². The summed E-state index contributed by atoms with van der Waals surface area (Å²) >= 11 is 6.78. The van der Waals surface area contributed by atoms with Crippen LogP contribution in [0.15, 0.2) is 35.9 Å². The van der Waals surface area contributed by atoms with E-state index in [0.29, 0.717) is 24.3 Å². The van der Waals surface area contributed by atoms with E-state index in [2.05, 4.69) is 19.2 Å². The van der Waals surface area contributed by atoms with Gasteiger partial charge in [-0.15, -0.1) is 0 Å². The maximum atomic E-state index is 14.2. The van der Waals surface area contributed by atoms with E-state index in [9.17, 15) is 24.3 Å². The number of carbonyl (C=O) groups is 4. The Morgan fingerprint density at radius 2 is 1.95 bits per heavy atom. The molecule has 1 aromatic carbocycles. The molecular formula is C39H56ClN3O10S2. The average molecular weight is 826 g/mol. The van der Waals surface area contributed by atoms with Crippen LogP contribution in [0.25, 0.3) is 0 Å². The van der Waals surface area contributed by atoms with Gasteiger partial charge < -0.3 is 38.6 Å². The molecule has 4 rings (SSSR count). The molecule has 16 heteroatoms. The Morgan fingerprint density at radius 3 is 2.58 bits per heavy atom. The number of halogens is 1. The first kappa shape index (κ1) is 44.8. The molecule has 2 N–H and O–H groups in total. The quantitative estimate of drug-likeness (QED) is 0.160. The van der Waals surface area contributed by atoms with E-state index >= 15 is 0 Å². The number of amides is 3. The third kappa shape index (κ3) is 10.5. The van der Waals surface area contributed by atoms with Crippen LogP contribution in [0, 0.1) is 5.92 Å². The normalized spacial score (nSPS) is 29.3. The van der Waals surface area contributed by atoms with Crippen LogP contribution in [0.5, 0.6) is 5.75 Å². The molecule has 13 nitrogen and oxygen atoms in total. The zero-order valence-electron chi connectivity index (χ0n) is 33.6. The molecule has 0 unspecified atom stereocenters. The molecule has 0 spiro atoms. The van der Waals surface area contributed by atoms with Crippen LogP contribution in [-0.2, 0) is 39.8 Å². The number of esters is 1. The van der Waals surface area contributed by atoms with Gasteiger partial charge in [0.2, 0.25) is 11.8 Å². The van der Waals surface area contributed by atoms with Crippen LogP contribution in [0.2, 0.25) is 5.02 Å². The van der Waals surface area contributed by atoms with Crippen molar-refractivity contribution in [2.75, 3.05) is 39.5 Å². The molecule has 55 heavy (non-hydrogen) atoms. The zero-order chi connectivity index (χ0) is 41.0. The average Bonchev–Trinajstić information content (AvgIpc) is 3.82. The summed E-state index contributed by atoms with van der Waals surface area (Å²) in [6.07, 6.45) is 3.81. The van der Waals surface area contributed by atoms with E-state index < -0.39 is 65.7 Å². The van der Waals surface area contributed by atoms with Gasteiger partial charge in [-0.25, -0.2) is 9.59 Å². The molecule has 0 saturated carbocycles. The lowest BCUT2D eigenvalue weighted by Crippen LogP contribution is -2.63. The number of benzene rings is 1. The Balaban J connectivity index is 1.71. The third-order valence-electron chi connectivity index (χ3n) is 10.8. The monoisotopic (exact) mass is 825 g/mol. The number of hydrogen-bond acceptors (Lipinski definition) is 12. The molecule has 306 valence electrons. The van der Waals surface area contributed by atoms with Crippen molar-refractivity contribution in [2.24, 2.45) is 5.92 Å². The summed E-state index contributed by atoms with van der Waals surface area (Å²) in [5.74, 6) is -1.50. The van der Waals surface area contributed by atoms with Gasteiger partial charge >= 0.3 is 12.1 Å². The highest BCUT2D eigenvalue weighted by Crippen LogP contribution is 2.49. The largest absolute Gasteiger partial charge is 0.495 e. The van der Waals surface area contributed by atoms with E-state index in [4.69, 9.17) is 35.3 Å². The van der Waals surface area contributed by atoms with Crippen LogP contribution in [-0.4, -0.2) is 115 Å². The Morgan fingerprint density at radius 1 is 1.25 bits per heavy atom. The number of ether oxygens (including phenoxy) is 5. The number of alkyl carbamates (subject to hydrolysis) is 1. The van der Waals surface area contributed by atoms with Gasteiger partial charge in [-0.2, -0.15) is 0 Å². The van der Waals surface area contributed by atoms with Crippen molar-refractivity contribution in [1.82, 2.24) is 10.2 Å². The summed E-state index contributed by atoms with van der Waals surface area (Å²) in [6, 6.07) is 2.62. The third-order valence-corrected chi connectivity index (χ3v) is 13.8. The highest BCUT2D eigenvalue weighted by molar-refractivity contribution is 8.76. The van der Waals surface area contributed by atoms with Gasteiger partial charge in [0, 0.05) is 44.7 Å². The maximum absolute atomic E-state index is 14.2. The molecule has 3 heterocycles. The number of nitrogens with one attached hydrogen (secondary N) is 1. The molecule has 0 radical (unpaired) electrons. The van der Waals surface area contributed by atoms with E-state index in [0.717, 1.165) is 11.1 Å². The van der Waals surface area contributed by atoms with Crippen molar-refractivity contribution in [3.8, 4) is 5.75 Å². The highest BCUT2D eigenvalue weighted by atomic mass is 35.5. The number of allylic oxidation sites excluding steroid dienone is 3. The molecule has 0 aliphatic carbocycles. The number of epoxide rings is 1. The van der Waals surface area contributed by atoms with Gasteiger partial charge in [-0.1, -0.05) is 63.9 Å². The van der Waals surface area contributed by atoms with Gasteiger partial charge in [0.15, 0.2) is 5.72 Å². The van der Waals surface area contributed by atoms with E-state index in [1.54, 1.807) is 73.8 Å². The second-order valence-electron chi connectivity index (χ2n) is 15.4. The Hall–Kier alpha value is -2.95. The first-order valence-electron chi connectivity index (χ1n) is 18.3. The standard InChI is InChI=1S/C39H56ClN3O10S2/c1-22-13-12-14-29(50-10)39(48)21-28(51-36(47)41-39)23(2)34-38(6,53-34)30(20-32(45)43(8)26-18-25(17-22)19-27(49-9)33(26)40)52-35(46)24(3)42(7)31(44)15-16-37(4,5)55-54-11/h12-14,18-19,23-24,28-30,34,48H,15-17,20-21H2,1-11H3,(H,41,47)/t23-,24+,28+,29-,30+,34+,38+,39+/m1/s1. The van der Waals surface area contributed by atoms with Gasteiger partial charge in [0.25, 0.3) is 0 Å². The number of nitrogens with zero attached hydrogens (tertiary/aromatic N) is 2. The fourth-order valence-corrected chi connectivity index (χ4v) is 9.62. The van der Waals surface area contributed by atoms with Crippen LogP contribution in [0.1, 0.15) is 72.8 Å². The minimum atomic E-state index is -1.83. The molecule has 4 bridgehead atoms. The zero-order valence-corrected chi connectivity index (χ0v) is 36.0. The Kier molecular flexibility index (Phi) is 14.7. The van der Waals surface area contributed by atoms with Crippen LogP contribution in [0.3, 0.4) is 0 Å². The summed E-state index contributed by atoms with van der Waals surface area (Å²) in [4.78, 5) is 56.9. The van der Waals surface area contributed by atoms with Crippen molar-refractivity contribution < 1.29 is 48.0 Å². The van der Waals surface area contributed by atoms with Crippen molar-refractivity contribution in [3.05, 3.63) is 46.5 Å². The fourth-order valence-electron chi connectivity index (χ4n) is 7.07. The van der Waals surface area contributed by atoms with Crippen molar-refractivity contribution in [3.63, 3.8) is 0 Å². The molecular weight excluding hydrogens is 770 g/mol. The summed E-state index contributed by atoms with van der Waals surface area (Å²) in [5.41, 5.74) is -0.900. The maximum Gasteiger partial charge on any atom is 0.409 e.